The first kappa shape index (κ1) is 19.6. The number of fused-ring (bicyclic) bond motifs is 1. The van der Waals surface area contributed by atoms with Crippen LogP contribution in [0.3, 0.4) is 0 Å². The van der Waals surface area contributed by atoms with Crippen LogP contribution in [0.1, 0.15) is 18.3 Å². The second-order valence-corrected chi connectivity index (χ2v) is 5.18. The lowest BCUT2D eigenvalue weighted by atomic mass is 10.1. The molecule has 0 aromatic carbocycles. The van der Waals surface area contributed by atoms with E-state index in [1.807, 2.05) is 0 Å². The highest BCUT2D eigenvalue weighted by atomic mass is 19.4. The smallest absolute Gasteiger partial charge is 0.406 e. The maximum absolute atomic E-state index is 13.8. The normalized spacial score (nSPS) is 13.6. The van der Waals surface area contributed by atoms with Gasteiger partial charge >= 0.3 is 12.3 Å². The molecule has 0 aliphatic carbocycles. The number of rotatable bonds is 6. The molecule has 0 amide bonds. The molecule has 0 unspecified atom stereocenters. The van der Waals surface area contributed by atoms with E-state index < -0.39 is 30.4 Å². The summed E-state index contributed by atoms with van der Waals surface area (Å²) in [6.45, 7) is 4.14. The van der Waals surface area contributed by atoms with Gasteiger partial charge < -0.3 is 10.5 Å². The first-order valence-corrected chi connectivity index (χ1v) is 7.30. The molecule has 0 aliphatic rings. The van der Waals surface area contributed by atoms with Gasteiger partial charge in [0.1, 0.15) is 5.76 Å². The van der Waals surface area contributed by atoms with Gasteiger partial charge in [0.2, 0.25) is 5.82 Å². The van der Waals surface area contributed by atoms with E-state index in [1.54, 1.807) is 0 Å². The van der Waals surface area contributed by atoms with Gasteiger partial charge in [-0.05, 0) is 42.3 Å². The van der Waals surface area contributed by atoms with E-state index in [-0.39, 0.29) is 11.2 Å². The molecular weight excluding hydrogens is 359 g/mol. The van der Waals surface area contributed by atoms with Gasteiger partial charge in [0.15, 0.2) is 5.65 Å². The summed E-state index contributed by atoms with van der Waals surface area (Å²) in [7, 11) is 0. The average molecular weight is 374 g/mol. The Morgan fingerprint density at radius 2 is 1.92 bits per heavy atom. The van der Waals surface area contributed by atoms with Crippen molar-refractivity contribution in [1.29, 1.82) is 0 Å². The zero-order chi connectivity index (χ0) is 19.5. The zero-order valence-corrected chi connectivity index (χ0v) is 13.6. The van der Waals surface area contributed by atoms with Gasteiger partial charge in [0, 0.05) is 6.20 Å². The maximum Gasteiger partial charge on any atom is 0.573 e. The van der Waals surface area contributed by atoms with Crippen molar-refractivity contribution >= 4 is 11.2 Å². The van der Waals surface area contributed by atoms with Crippen LogP contribution in [0.25, 0.3) is 11.2 Å². The van der Waals surface area contributed by atoms with E-state index in [1.165, 1.54) is 31.3 Å². The Kier molecular flexibility index (Phi) is 5.45. The van der Waals surface area contributed by atoms with Gasteiger partial charge in [-0.1, -0.05) is 12.7 Å². The SMILES string of the molecule is C=C(C=CC(=CC)OC(F)(F)F)c1ccc2nnc(C(F)(F)CN)n2c1. The maximum atomic E-state index is 13.8. The van der Waals surface area contributed by atoms with Crippen molar-refractivity contribution in [2.75, 3.05) is 6.54 Å². The van der Waals surface area contributed by atoms with E-state index >= 15 is 0 Å². The fraction of sp³-hybridized carbons (Fsp3) is 0.250. The van der Waals surface area contributed by atoms with Crippen LogP contribution in [0.5, 0.6) is 0 Å². The van der Waals surface area contributed by atoms with Crippen LogP contribution < -0.4 is 5.73 Å². The van der Waals surface area contributed by atoms with E-state index in [0.29, 0.717) is 5.56 Å². The summed E-state index contributed by atoms with van der Waals surface area (Å²) < 4.78 is 69.3. The highest BCUT2D eigenvalue weighted by Crippen LogP contribution is 2.27. The summed E-state index contributed by atoms with van der Waals surface area (Å²) in [5, 5.41) is 7.08. The molecule has 140 valence electrons. The van der Waals surface area contributed by atoms with Crippen molar-refractivity contribution in [3.8, 4) is 0 Å². The van der Waals surface area contributed by atoms with Gasteiger partial charge in [0.25, 0.3) is 0 Å². The van der Waals surface area contributed by atoms with Crippen LogP contribution in [-0.2, 0) is 10.7 Å². The number of alkyl halides is 5. The largest absolute Gasteiger partial charge is 0.573 e. The highest BCUT2D eigenvalue weighted by Gasteiger charge is 2.35. The monoisotopic (exact) mass is 374 g/mol. The van der Waals surface area contributed by atoms with E-state index in [4.69, 9.17) is 5.73 Å². The van der Waals surface area contributed by atoms with Crippen molar-refractivity contribution in [3.05, 3.63) is 60.3 Å². The van der Waals surface area contributed by atoms with Crippen molar-refractivity contribution < 1.29 is 26.7 Å². The van der Waals surface area contributed by atoms with Crippen LogP contribution >= 0.6 is 0 Å². The van der Waals surface area contributed by atoms with Crippen LogP contribution in [0.2, 0.25) is 0 Å². The number of hydrogen-bond acceptors (Lipinski definition) is 4. The quantitative estimate of drug-likeness (QED) is 0.475. The average Bonchev–Trinajstić information content (AvgIpc) is 3.01. The number of pyridine rings is 1. The summed E-state index contributed by atoms with van der Waals surface area (Å²) in [5.41, 5.74) is 5.88. The summed E-state index contributed by atoms with van der Waals surface area (Å²) >= 11 is 0. The molecule has 2 N–H and O–H groups in total. The minimum absolute atomic E-state index is 0.170. The Labute approximate surface area is 145 Å². The van der Waals surface area contributed by atoms with Gasteiger partial charge in [-0.2, -0.15) is 8.78 Å². The molecule has 10 heteroatoms. The van der Waals surface area contributed by atoms with Gasteiger partial charge in [-0.15, -0.1) is 23.4 Å². The third kappa shape index (κ3) is 4.45. The van der Waals surface area contributed by atoms with Gasteiger partial charge in [0.05, 0.1) is 6.54 Å². The Morgan fingerprint density at radius 1 is 1.23 bits per heavy atom. The van der Waals surface area contributed by atoms with Crippen LogP contribution in [-0.4, -0.2) is 27.5 Å². The number of nitrogens with zero attached hydrogens (tertiary/aromatic N) is 3. The molecule has 2 rings (SSSR count). The molecule has 5 nitrogen and oxygen atoms in total. The lowest BCUT2D eigenvalue weighted by Gasteiger charge is -2.12. The molecule has 0 bridgehead atoms. The predicted octanol–water partition coefficient (Wildman–Crippen LogP) is 3.79. The van der Waals surface area contributed by atoms with Crippen molar-refractivity contribution in [1.82, 2.24) is 14.6 Å². The Balaban J connectivity index is 2.31. The van der Waals surface area contributed by atoms with Crippen molar-refractivity contribution in [2.45, 2.75) is 19.2 Å². The number of halogens is 5. The fourth-order valence-electron chi connectivity index (χ4n) is 2.02. The minimum Gasteiger partial charge on any atom is -0.406 e. The number of hydrogen-bond donors (Lipinski definition) is 1. The molecule has 2 aromatic rings. The number of allylic oxidation sites excluding steroid dienone is 4. The predicted molar refractivity (Wildman–Crippen MR) is 85.0 cm³/mol. The number of nitrogens with two attached hydrogens (primary N) is 1. The Hall–Kier alpha value is -2.75. The zero-order valence-electron chi connectivity index (χ0n) is 13.6. The molecular formula is C16H15F5N4O. The minimum atomic E-state index is -4.82. The van der Waals surface area contributed by atoms with Crippen LogP contribution in [0.4, 0.5) is 22.0 Å². The lowest BCUT2D eigenvalue weighted by Crippen LogP contribution is -2.27. The van der Waals surface area contributed by atoms with E-state index in [9.17, 15) is 22.0 Å². The molecule has 0 saturated carbocycles. The summed E-state index contributed by atoms with van der Waals surface area (Å²) in [6.07, 6.45) is -0.0481. The van der Waals surface area contributed by atoms with Crippen molar-refractivity contribution in [3.63, 3.8) is 0 Å². The summed E-state index contributed by atoms with van der Waals surface area (Å²) in [5.74, 6) is -4.45. The lowest BCUT2D eigenvalue weighted by molar-refractivity contribution is -0.303. The first-order chi connectivity index (χ1) is 12.1. The third-order valence-corrected chi connectivity index (χ3v) is 3.32. The Bertz CT molecular complexity index is 867. The molecule has 2 heterocycles. The van der Waals surface area contributed by atoms with E-state index in [0.717, 1.165) is 16.6 Å². The van der Waals surface area contributed by atoms with Crippen LogP contribution in [0, 0.1) is 0 Å². The molecule has 0 spiro atoms. The summed E-state index contributed by atoms with van der Waals surface area (Å²) in [4.78, 5) is 0. The molecule has 0 radical (unpaired) electrons. The number of ether oxygens (including phenoxy) is 1. The molecule has 2 aromatic heterocycles. The Morgan fingerprint density at radius 3 is 2.50 bits per heavy atom. The van der Waals surface area contributed by atoms with Gasteiger partial charge in [-0.25, -0.2) is 0 Å². The molecule has 0 saturated heterocycles. The second-order valence-electron chi connectivity index (χ2n) is 5.18. The second kappa shape index (κ2) is 7.24. The highest BCUT2D eigenvalue weighted by molar-refractivity contribution is 5.72. The number of aromatic nitrogens is 3. The van der Waals surface area contributed by atoms with Gasteiger partial charge in [-0.3, -0.25) is 4.40 Å². The van der Waals surface area contributed by atoms with Crippen LogP contribution in [0.15, 0.2) is 48.9 Å². The topological polar surface area (TPSA) is 65.4 Å². The fourth-order valence-corrected chi connectivity index (χ4v) is 2.02. The standard InChI is InChI=1S/C16H15F5N4O/c1-3-12(26-16(19,20)21)6-4-10(2)11-5-7-13-23-24-14(25(13)8-11)15(17,18)9-22/h3-8H,2,9,22H2,1H3. The van der Waals surface area contributed by atoms with E-state index in [2.05, 4.69) is 21.5 Å². The molecule has 0 fully saturated rings. The summed E-state index contributed by atoms with van der Waals surface area (Å²) in [6, 6.07) is 2.96. The molecule has 0 aliphatic heterocycles. The molecule has 26 heavy (non-hydrogen) atoms. The first-order valence-electron chi connectivity index (χ1n) is 7.30. The third-order valence-electron chi connectivity index (χ3n) is 3.32. The van der Waals surface area contributed by atoms with Crippen molar-refractivity contribution in [2.24, 2.45) is 5.73 Å². The molecule has 0 atom stereocenters.